The van der Waals surface area contributed by atoms with Crippen LogP contribution in [0.5, 0.6) is 5.75 Å². The van der Waals surface area contributed by atoms with Crippen LogP contribution >= 0.6 is 28.1 Å². The molecule has 0 unspecified atom stereocenters. The molecule has 6 nitrogen and oxygen atoms in total. The third-order valence-corrected chi connectivity index (χ3v) is 6.83. The van der Waals surface area contributed by atoms with Gasteiger partial charge in [-0.05, 0) is 74.5 Å². The Labute approximate surface area is 231 Å². The van der Waals surface area contributed by atoms with Gasteiger partial charge >= 0.3 is 0 Å². The summed E-state index contributed by atoms with van der Waals surface area (Å²) in [6.07, 6.45) is 2.50. The highest BCUT2D eigenvalue weighted by atomic mass is 79.9. The van der Waals surface area contributed by atoms with Gasteiger partial charge in [0.2, 0.25) is 0 Å². The van der Waals surface area contributed by atoms with Gasteiger partial charge < -0.3 is 10.1 Å². The van der Waals surface area contributed by atoms with Gasteiger partial charge in [-0.3, -0.25) is 19.4 Å². The molecule has 1 N–H and O–H groups in total. The third kappa shape index (κ3) is 6.45. The molecule has 8 heteroatoms. The minimum absolute atomic E-state index is 0.137. The Bertz CT molecular complexity index is 1330. The van der Waals surface area contributed by atoms with Crippen molar-refractivity contribution in [3.8, 4) is 5.75 Å². The van der Waals surface area contributed by atoms with Gasteiger partial charge in [-0.2, -0.15) is 0 Å². The quantitative estimate of drug-likeness (QED) is 0.269. The molecular formula is C29H28BrN3O3S. The topological polar surface area (TPSA) is 61.9 Å². The molecule has 2 amide bonds. The van der Waals surface area contributed by atoms with Crippen LogP contribution in [0.25, 0.3) is 6.08 Å². The van der Waals surface area contributed by atoms with E-state index < -0.39 is 0 Å². The maximum atomic E-state index is 13.3. The fourth-order valence-corrected chi connectivity index (χ4v) is 4.78. The molecule has 4 rings (SSSR count). The normalized spacial score (nSPS) is 14.4. The fraction of sp³-hybridized carbons (Fsp3) is 0.207. The van der Waals surface area contributed by atoms with E-state index in [9.17, 15) is 9.59 Å². The second kappa shape index (κ2) is 12.2. The lowest BCUT2D eigenvalue weighted by atomic mass is 10.1. The van der Waals surface area contributed by atoms with Crippen molar-refractivity contribution in [1.29, 1.82) is 0 Å². The summed E-state index contributed by atoms with van der Waals surface area (Å²) in [6.45, 7) is 4.75. The van der Waals surface area contributed by atoms with Gasteiger partial charge in [0.1, 0.15) is 11.4 Å². The van der Waals surface area contributed by atoms with Gasteiger partial charge in [-0.15, -0.1) is 0 Å². The molecule has 0 bridgehead atoms. The highest BCUT2D eigenvalue weighted by Crippen LogP contribution is 2.33. The van der Waals surface area contributed by atoms with E-state index in [1.165, 1.54) is 0 Å². The van der Waals surface area contributed by atoms with Gasteiger partial charge in [0.15, 0.2) is 11.7 Å². The van der Waals surface area contributed by atoms with Crippen LogP contribution in [0, 0.1) is 6.92 Å². The summed E-state index contributed by atoms with van der Waals surface area (Å²) in [5, 5.41) is 3.32. The van der Waals surface area contributed by atoms with Crippen molar-refractivity contribution >= 4 is 56.8 Å². The first-order valence-corrected chi connectivity index (χ1v) is 13.2. The monoisotopic (exact) mass is 577 g/mol. The summed E-state index contributed by atoms with van der Waals surface area (Å²) in [5.74, 6) is 0.0955. The zero-order chi connectivity index (χ0) is 26.4. The molecule has 3 aromatic carbocycles. The van der Waals surface area contributed by atoms with Gasteiger partial charge in [-0.25, -0.2) is 0 Å². The van der Waals surface area contributed by atoms with Crippen molar-refractivity contribution in [3.63, 3.8) is 0 Å². The molecule has 0 aliphatic carbocycles. The number of hydrogen-bond acceptors (Lipinski definition) is 4. The number of nitrogens with zero attached hydrogens (tertiary/aromatic N) is 2. The molecule has 1 aliphatic heterocycles. The second-order valence-corrected chi connectivity index (χ2v) is 9.87. The van der Waals surface area contributed by atoms with Crippen LogP contribution in [-0.2, 0) is 16.0 Å². The lowest BCUT2D eigenvalue weighted by Crippen LogP contribution is -2.32. The summed E-state index contributed by atoms with van der Waals surface area (Å²) >= 11 is 9.17. The second-order valence-electron chi connectivity index (χ2n) is 8.59. The van der Waals surface area contributed by atoms with E-state index in [4.69, 9.17) is 17.0 Å². The summed E-state index contributed by atoms with van der Waals surface area (Å²) in [4.78, 5) is 29.1. The lowest BCUT2D eigenvalue weighted by molar-refractivity contribution is -0.123. The number of carbonyl (C=O) groups is 2. The number of ether oxygens (including phenoxy) is 1. The number of halogens is 1. The number of anilines is 1. The van der Waals surface area contributed by atoms with Crippen molar-refractivity contribution in [1.82, 2.24) is 10.2 Å². The summed E-state index contributed by atoms with van der Waals surface area (Å²) < 4.78 is 6.71. The van der Waals surface area contributed by atoms with Crippen LogP contribution in [0.2, 0.25) is 0 Å². The third-order valence-electron chi connectivity index (χ3n) is 5.94. The first kappa shape index (κ1) is 26.6. The number of rotatable bonds is 9. The SMILES string of the molecule is CCN1C(=O)/C(=C\c2cc(Br)ccc2OCC(=O)NCCc2ccccc2)N(c2ccc(C)cc2)C1=S. The van der Waals surface area contributed by atoms with E-state index in [0.29, 0.717) is 35.2 Å². The first-order chi connectivity index (χ1) is 17.9. The van der Waals surface area contributed by atoms with Crippen LogP contribution in [0.15, 0.2) is 83.0 Å². The minimum Gasteiger partial charge on any atom is -0.483 e. The number of nitrogens with one attached hydrogen (secondary N) is 1. The average molecular weight is 579 g/mol. The van der Waals surface area contributed by atoms with Crippen LogP contribution < -0.4 is 15.0 Å². The number of amides is 2. The zero-order valence-corrected chi connectivity index (χ0v) is 23.1. The van der Waals surface area contributed by atoms with Crippen molar-refractivity contribution < 1.29 is 14.3 Å². The maximum absolute atomic E-state index is 13.3. The molecule has 3 aromatic rings. The van der Waals surface area contributed by atoms with E-state index >= 15 is 0 Å². The Kier molecular flexibility index (Phi) is 8.74. The van der Waals surface area contributed by atoms with Gasteiger partial charge in [-0.1, -0.05) is 64.0 Å². The van der Waals surface area contributed by atoms with Crippen molar-refractivity contribution in [3.05, 3.63) is 99.7 Å². The Morgan fingerprint density at radius 3 is 2.51 bits per heavy atom. The molecule has 1 fully saturated rings. The Hall–Kier alpha value is -3.49. The van der Waals surface area contributed by atoms with Gasteiger partial charge in [0.05, 0.1) is 0 Å². The van der Waals surface area contributed by atoms with Gasteiger partial charge in [0, 0.05) is 28.8 Å². The standard InChI is InChI=1S/C29H28BrN3O3S/c1-3-32-28(35)25(33(29(32)37)24-12-9-20(2)10-13-24)18-22-17-23(30)11-14-26(22)36-19-27(34)31-16-15-21-7-5-4-6-8-21/h4-14,17-18H,3,15-16,19H2,1-2H3,(H,31,34)/b25-18+. The number of likely N-dealkylation sites (N-methyl/N-ethyl adjacent to an activating group) is 1. The Morgan fingerprint density at radius 2 is 1.81 bits per heavy atom. The van der Waals surface area contributed by atoms with Crippen LogP contribution in [0.3, 0.4) is 0 Å². The van der Waals surface area contributed by atoms with E-state index in [1.807, 2.05) is 80.6 Å². The van der Waals surface area contributed by atoms with Crippen molar-refractivity contribution in [2.75, 3.05) is 24.6 Å². The summed E-state index contributed by atoms with van der Waals surface area (Å²) in [6, 6.07) is 23.3. The van der Waals surface area contributed by atoms with Gasteiger partial charge in [0.25, 0.3) is 11.8 Å². The molecule has 190 valence electrons. The number of thiocarbonyl (C=S) groups is 1. The van der Waals surface area contributed by atoms with E-state index in [2.05, 4.69) is 21.2 Å². The zero-order valence-electron chi connectivity index (χ0n) is 20.7. The molecule has 0 atom stereocenters. The van der Waals surface area contributed by atoms with E-state index in [-0.39, 0.29) is 18.4 Å². The number of benzene rings is 3. The molecule has 1 saturated heterocycles. The maximum Gasteiger partial charge on any atom is 0.277 e. The van der Waals surface area contributed by atoms with Crippen LogP contribution in [0.1, 0.15) is 23.6 Å². The fourth-order valence-electron chi connectivity index (χ4n) is 3.99. The van der Waals surface area contributed by atoms with E-state index in [0.717, 1.165) is 27.7 Å². The molecule has 0 spiro atoms. The molecule has 0 saturated carbocycles. The molecular weight excluding hydrogens is 550 g/mol. The molecule has 37 heavy (non-hydrogen) atoms. The highest BCUT2D eigenvalue weighted by Gasteiger charge is 2.38. The predicted octanol–water partition coefficient (Wildman–Crippen LogP) is 5.49. The van der Waals surface area contributed by atoms with Crippen LogP contribution in [0.4, 0.5) is 5.69 Å². The summed E-state index contributed by atoms with van der Waals surface area (Å²) in [5.41, 5.74) is 4.16. The molecule has 0 radical (unpaired) electrons. The minimum atomic E-state index is -0.214. The summed E-state index contributed by atoms with van der Waals surface area (Å²) in [7, 11) is 0. The first-order valence-electron chi connectivity index (χ1n) is 12.0. The lowest BCUT2D eigenvalue weighted by Gasteiger charge is -2.20. The molecule has 0 aromatic heterocycles. The van der Waals surface area contributed by atoms with Crippen molar-refractivity contribution in [2.45, 2.75) is 20.3 Å². The predicted molar refractivity (Wildman–Crippen MR) is 154 cm³/mol. The molecule has 1 aliphatic rings. The number of carbonyl (C=O) groups excluding carboxylic acids is 2. The Balaban J connectivity index is 1.53. The van der Waals surface area contributed by atoms with Crippen LogP contribution in [-0.4, -0.2) is 41.5 Å². The smallest absolute Gasteiger partial charge is 0.277 e. The van der Waals surface area contributed by atoms with E-state index in [1.54, 1.807) is 21.9 Å². The average Bonchev–Trinajstić information content (AvgIpc) is 3.13. The Morgan fingerprint density at radius 1 is 1.08 bits per heavy atom. The number of hydrogen-bond donors (Lipinski definition) is 1. The highest BCUT2D eigenvalue weighted by molar-refractivity contribution is 9.10. The van der Waals surface area contributed by atoms with Crippen molar-refractivity contribution in [2.24, 2.45) is 0 Å². The molecule has 1 heterocycles. The number of aryl methyl sites for hydroxylation is 1. The largest absolute Gasteiger partial charge is 0.483 e.